The first kappa shape index (κ1) is 15.1. The van der Waals surface area contributed by atoms with Crippen LogP contribution < -0.4 is 0 Å². The molecule has 0 amide bonds. The largest absolute Gasteiger partial charge is 0.453 e. The smallest absolute Gasteiger partial charge is 0.328 e. The van der Waals surface area contributed by atoms with E-state index in [-0.39, 0.29) is 23.7 Å². The van der Waals surface area contributed by atoms with E-state index < -0.39 is 17.0 Å². The fourth-order valence-corrected chi connectivity index (χ4v) is 2.50. The summed E-state index contributed by atoms with van der Waals surface area (Å²) in [4.78, 5) is 33.8. The van der Waals surface area contributed by atoms with Gasteiger partial charge in [0, 0.05) is 6.42 Å². The van der Waals surface area contributed by atoms with Gasteiger partial charge in [-0.1, -0.05) is 0 Å². The number of nitrogens with zero attached hydrogens (tertiary/aromatic N) is 3. The highest BCUT2D eigenvalue weighted by Gasteiger charge is 2.27. The molecule has 0 aromatic carbocycles. The fraction of sp³-hybridized carbons (Fsp3) is 0.615. The maximum atomic E-state index is 11.9. The number of carbonyl (C=O) groups excluding carboxylic acids is 2. The standard InChI is InChI=1S/C13H17N3O5/c1-8-13(16(19)20)9(2)15(14-8)7-12(18)21-11-6-4-3-5-10(11)17/h11H,3-7H2,1-2H3/t11-/m1/s1. The summed E-state index contributed by atoms with van der Waals surface area (Å²) in [6, 6.07) is 0. The van der Waals surface area contributed by atoms with E-state index in [1.54, 1.807) is 0 Å². The molecule has 2 rings (SSSR count). The Morgan fingerprint density at radius 2 is 2.19 bits per heavy atom. The third kappa shape index (κ3) is 3.26. The number of aryl methyl sites for hydroxylation is 1. The normalized spacial score (nSPS) is 18.6. The van der Waals surface area contributed by atoms with Crippen molar-refractivity contribution in [3.05, 3.63) is 21.5 Å². The molecule has 0 unspecified atom stereocenters. The summed E-state index contributed by atoms with van der Waals surface area (Å²) < 4.78 is 6.39. The van der Waals surface area contributed by atoms with Crippen LogP contribution in [0.25, 0.3) is 0 Å². The van der Waals surface area contributed by atoms with Gasteiger partial charge in [0.15, 0.2) is 11.9 Å². The second-order valence-corrected chi connectivity index (χ2v) is 5.12. The van der Waals surface area contributed by atoms with E-state index in [0.29, 0.717) is 18.5 Å². The van der Waals surface area contributed by atoms with Crippen LogP contribution in [-0.2, 0) is 20.9 Å². The Balaban J connectivity index is 2.04. The average Bonchev–Trinajstić information content (AvgIpc) is 2.67. The van der Waals surface area contributed by atoms with Gasteiger partial charge < -0.3 is 4.74 Å². The van der Waals surface area contributed by atoms with Crippen LogP contribution in [0, 0.1) is 24.0 Å². The first-order valence-electron chi connectivity index (χ1n) is 6.80. The molecule has 0 bridgehead atoms. The predicted octanol–water partition coefficient (Wildman–Crippen LogP) is 1.46. The summed E-state index contributed by atoms with van der Waals surface area (Å²) >= 11 is 0. The summed E-state index contributed by atoms with van der Waals surface area (Å²) in [6.07, 6.45) is 1.98. The molecule has 1 aliphatic rings. The summed E-state index contributed by atoms with van der Waals surface area (Å²) in [5.41, 5.74) is 0.444. The molecule has 21 heavy (non-hydrogen) atoms. The van der Waals surface area contributed by atoms with Crippen LogP contribution in [0.2, 0.25) is 0 Å². The van der Waals surface area contributed by atoms with Gasteiger partial charge in [0.25, 0.3) is 0 Å². The molecule has 0 spiro atoms. The SMILES string of the molecule is Cc1nn(CC(=O)O[C@@H]2CCCCC2=O)c(C)c1[N+](=O)[O-]. The van der Waals surface area contributed by atoms with E-state index in [1.165, 1.54) is 18.5 Å². The lowest BCUT2D eigenvalue weighted by molar-refractivity contribution is -0.386. The molecule has 1 heterocycles. The average molecular weight is 295 g/mol. The molecular weight excluding hydrogens is 278 g/mol. The molecule has 0 radical (unpaired) electrons. The predicted molar refractivity (Wildman–Crippen MR) is 71.7 cm³/mol. The molecule has 1 aromatic rings. The lowest BCUT2D eigenvalue weighted by atomic mass is 9.96. The Bertz CT molecular complexity index is 593. The zero-order chi connectivity index (χ0) is 15.6. The van der Waals surface area contributed by atoms with Crippen LogP contribution in [0.1, 0.15) is 37.1 Å². The minimum absolute atomic E-state index is 0.0612. The van der Waals surface area contributed by atoms with Crippen molar-refractivity contribution in [3.8, 4) is 0 Å². The third-order valence-electron chi connectivity index (χ3n) is 3.58. The van der Waals surface area contributed by atoms with E-state index >= 15 is 0 Å². The van der Waals surface area contributed by atoms with E-state index in [1.807, 2.05) is 0 Å². The van der Waals surface area contributed by atoms with Crippen molar-refractivity contribution in [1.29, 1.82) is 0 Å². The van der Waals surface area contributed by atoms with Crippen LogP contribution >= 0.6 is 0 Å². The molecule has 114 valence electrons. The van der Waals surface area contributed by atoms with Crippen LogP contribution in [0.4, 0.5) is 5.69 Å². The van der Waals surface area contributed by atoms with Crippen LogP contribution in [0.15, 0.2) is 0 Å². The van der Waals surface area contributed by atoms with Crippen molar-refractivity contribution in [2.75, 3.05) is 0 Å². The fourth-order valence-electron chi connectivity index (χ4n) is 2.50. The minimum Gasteiger partial charge on any atom is -0.453 e. The molecule has 1 atom stereocenters. The Labute approximate surface area is 121 Å². The maximum absolute atomic E-state index is 11.9. The molecule has 1 fully saturated rings. The van der Waals surface area contributed by atoms with Gasteiger partial charge in [-0.2, -0.15) is 5.10 Å². The number of nitro groups is 1. The highest BCUT2D eigenvalue weighted by Crippen LogP contribution is 2.22. The number of aromatic nitrogens is 2. The summed E-state index contributed by atoms with van der Waals surface area (Å²) in [6.45, 7) is 2.80. The molecule has 1 aliphatic carbocycles. The number of esters is 1. The Morgan fingerprint density at radius 3 is 2.76 bits per heavy atom. The topological polar surface area (TPSA) is 104 Å². The summed E-state index contributed by atoms with van der Waals surface area (Å²) in [5, 5.41) is 14.9. The molecule has 8 heteroatoms. The van der Waals surface area contributed by atoms with Crippen molar-refractivity contribution in [2.24, 2.45) is 0 Å². The number of hydrogen-bond donors (Lipinski definition) is 0. The monoisotopic (exact) mass is 295 g/mol. The van der Waals surface area contributed by atoms with Gasteiger partial charge in [-0.3, -0.25) is 24.4 Å². The molecule has 1 aromatic heterocycles. The second kappa shape index (κ2) is 6.02. The van der Waals surface area contributed by atoms with Gasteiger partial charge in [0.2, 0.25) is 0 Å². The van der Waals surface area contributed by atoms with Crippen LogP contribution in [0.3, 0.4) is 0 Å². The van der Waals surface area contributed by atoms with E-state index in [0.717, 1.165) is 12.8 Å². The lowest BCUT2D eigenvalue weighted by Crippen LogP contribution is -2.31. The van der Waals surface area contributed by atoms with E-state index in [9.17, 15) is 19.7 Å². The number of ether oxygens (including phenoxy) is 1. The number of ketones is 1. The summed E-state index contributed by atoms with van der Waals surface area (Å²) in [5.74, 6) is -0.662. The van der Waals surface area contributed by atoms with Crippen LogP contribution in [-0.4, -0.2) is 32.6 Å². The molecule has 8 nitrogen and oxygen atoms in total. The molecular formula is C13H17N3O5. The van der Waals surface area contributed by atoms with Crippen LogP contribution in [0.5, 0.6) is 0 Å². The third-order valence-corrected chi connectivity index (χ3v) is 3.58. The summed E-state index contributed by atoms with van der Waals surface area (Å²) in [7, 11) is 0. The van der Waals surface area contributed by atoms with Gasteiger partial charge >= 0.3 is 11.7 Å². The molecule has 0 saturated heterocycles. The quantitative estimate of drug-likeness (QED) is 0.473. The van der Waals surface area contributed by atoms with Gasteiger partial charge in [0.05, 0.1) is 4.92 Å². The lowest BCUT2D eigenvalue weighted by Gasteiger charge is -2.20. The van der Waals surface area contributed by atoms with Gasteiger partial charge in [-0.05, 0) is 33.1 Å². The van der Waals surface area contributed by atoms with Gasteiger partial charge in [-0.15, -0.1) is 0 Å². The van der Waals surface area contributed by atoms with E-state index in [2.05, 4.69) is 5.10 Å². The molecule has 0 aliphatic heterocycles. The van der Waals surface area contributed by atoms with Crippen molar-refractivity contribution in [1.82, 2.24) is 9.78 Å². The second-order valence-electron chi connectivity index (χ2n) is 5.12. The zero-order valence-corrected chi connectivity index (χ0v) is 12.0. The Hall–Kier alpha value is -2.25. The molecule has 1 saturated carbocycles. The van der Waals surface area contributed by atoms with Gasteiger partial charge in [-0.25, -0.2) is 0 Å². The number of carbonyl (C=O) groups is 2. The first-order valence-corrected chi connectivity index (χ1v) is 6.80. The van der Waals surface area contributed by atoms with Crippen molar-refractivity contribution >= 4 is 17.4 Å². The first-order chi connectivity index (χ1) is 9.90. The highest BCUT2D eigenvalue weighted by atomic mass is 16.6. The maximum Gasteiger partial charge on any atom is 0.328 e. The van der Waals surface area contributed by atoms with E-state index in [4.69, 9.17) is 4.74 Å². The number of rotatable bonds is 4. The highest BCUT2D eigenvalue weighted by molar-refractivity contribution is 5.86. The van der Waals surface area contributed by atoms with Crippen molar-refractivity contribution in [2.45, 2.75) is 52.2 Å². The number of hydrogen-bond acceptors (Lipinski definition) is 6. The minimum atomic E-state index is -0.682. The van der Waals surface area contributed by atoms with Crippen molar-refractivity contribution < 1.29 is 19.2 Å². The van der Waals surface area contributed by atoms with Crippen molar-refractivity contribution in [3.63, 3.8) is 0 Å². The Morgan fingerprint density at radius 1 is 1.48 bits per heavy atom. The molecule has 0 N–H and O–H groups in total. The Kier molecular flexibility index (Phi) is 4.35. The number of Topliss-reactive ketones (excluding diaryl/α,β-unsaturated/α-hetero) is 1. The zero-order valence-electron chi connectivity index (χ0n) is 12.0. The van der Waals surface area contributed by atoms with Gasteiger partial charge in [0.1, 0.15) is 17.9 Å².